The maximum absolute atomic E-state index is 13.2. The molecular weight excluding hydrogens is 256 g/mol. The van der Waals surface area contributed by atoms with Gasteiger partial charge in [-0.25, -0.2) is 8.78 Å². The maximum atomic E-state index is 13.2. The van der Waals surface area contributed by atoms with Gasteiger partial charge < -0.3 is 5.32 Å². The third-order valence-electron chi connectivity index (χ3n) is 3.52. The van der Waals surface area contributed by atoms with Crippen molar-refractivity contribution >= 4 is 0 Å². The zero-order valence-electron chi connectivity index (χ0n) is 12.0. The SMILES string of the molecule is Cc1ccc([C@@H](C)NC(C)c2ccc(F)c(F)c2)cc1. The summed E-state index contributed by atoms with van der Waals surface area (Å²) in [5, 5.41) is 3.39. The molecule has 2 rings (SSSR count). The van der Waals surface area contributed by atoms with Crippen molar-refractivity contribution in [2.24, 2.45) is 0 Å². The number of benzene rings is 2. The van der Waals surface area contributed by atoms with E-state index in [2.05, 4.69) is 36.5 Å². The Morgan fingerprint density at radius 3 is 1.95 bits per heavy atom. The van der Waals surface area contributed by atoms with Gasteiger partial charge in [0.05, 0.1) is 0 Å². The van der Waals surface area contributed by atoms with E-state index >= 15 is 0 Å². The van der Waals surface area contributed by atoms with Crippen LogP contribution >= 0.6 is 0 Å². The first kappa shape index (κ1) is 14.7. The smallest absolute Gasteiger partial charge is 0.159 e. The molecule has 0 aliphatic heterocycles. The Hall–Kier alpha value is -1.74. The molecule has 2 atom stereocenters. The van der Waals surface area contributed by atoms with Crippen LogP contribution in [0.5, 0.6) is 0 Å². The number of hydrogen-bond donors (Lipinski definition) is 1. The predicted octanol–water partition coefficient (Wildman–Crippen LogP) is 4.69. The van der Waals surface area contributed by atoms with Gasteiger partial charge in [0.15, 0.2) is 11.6 Å². The summed E-state index contributed by atoms with van der Waals surface area (Å²) in [7, 11) is 0. The third-order valence-corrected chi connectivity index (χ3v) is 3.52. The van der Waals surface area contributed by atoms with Gasteiger partial charge in [-0.15, -0.1) is 0 Å². The van der Waals surface area contributed by atoms with Crippen LogP contribution in [0.15, 0.2) is 42.5 Å². The summed E-state index contributed by atoms with van der Waals surface area (Å²) in [6, 6.07) is 12.4. The Morgan fingerprint density at radius 1 is 0.800 bits per heavy atom. The lowest BCUT2D eigenvalue weighted by atomic mass is 10.0. The van der Waals surface area contributed by atoms with Gasteiger partial charge >= 0.3 is 0 Å². The lowest BCUT2D eigenvalue weighted by Crippen LogP contribution is -2.22. The largest absolute Gasteiger partial charge is 0.304 e. The van der Waals surface area contributed by atoms with Gasteiger partial charge in [-0.1, -0.05) is 35.9 Å². The van der Waals surface area contributed by atoms with E-state index in [1.54, 1.807) is 6.07 Å². The number of halogens is 2. The van der Waals surface area contributed by atoms with Gasteiger partial charge in [-0.2, -0.15) is 0 Å². The zero-order chi connectivity index (χ0) is 14.7. The fraction of sp³-hybridized carbons (Fsp3) is 0.294. The molecule has 0 fully saturated rings. The Morgan fingerprint density at radius 2 is 1.35 bits per heavy atom. The average molecular weight is 275 g/mol. The van der Waals surface area contributed by atoms with Crippen LogP contribution in [0.1, 0.15) is 42.6 Å². The van der Waals surface area contributed by atoms with E-state index in [0.29, 0.717) is 0 Å². The van der Waals surface area contributed by atoms with E-state index in [1.165, 1.54) is 23.3 Å². The molecule has 0 bridgehead atoms. The number of aryl methyl sites for hydroxylation is 1. The topological polar surface area (TPSA) is 12.0 Å². The summed E-state index contributed by atoms with van der Waals surface area (Å²) in [4.78, 5) is 0. The van der Waals surface area contributed by atoms with Crippen LogP contribution in [0, 0.1) is 18.6 Å². The molecule has 0 saturated heterocycles. The molecule has 2 aromatic rings. The van der Waals surface area contributed by atoms with Crippen LogP contribution in [-0.4, -0.2) is 0 Å². The van der Waals surface area contributed by atoms with Gasteiger partial charge in [0, 0.05) is 12.1 Å². The maximum Gasteiger partial charge on any atom is 0.159 e. The van der Waals surface area contributed by atoms with Crippen molar-refractivity contribution in [3.05, 3.63) is 70.8 Å². The first-order valence-corrected chi connectivity index (χ1v) is 6.75. The molecule has 20 heavy (non-hydrogen) atoms. The molecule has 2 aromatic carbocycles. The molecule has 0 radical (unpaired) electrons. The highest BCUT2D eigenvalue weighted by atomic mass is 19.2. The fourth-order valence-electron chi connectivity index (χ4n) is 2.20. The second-order valence-corrected chi connectivity index (χ2v) is 5.19. The van der Waals surface area contributed by atoms with Gasteiger partial charge in [0.25, 0.3) is 0 Å². The molecule has 0 aliphatic rings. The minimum absolute atomic E-state index is 0.0543. The molecule has 0 spiro atoms. The summed E-state index contributed by atoms with van der Waals surface area (Å²) in [5.41, 5.74) is 3.13. The van der Waals surface area contributed by atoms with Crippen molar-refractivity contribution in [1.29, 1.82) is 0 Å². The Bertz CT molecular complexity index is 578. The van der Waals surface area contributed by atoms with E-state index in [0.717, 1.165) is 5.56 Å². The Balaban J connectivity index is 2.08. The molecule has 0 aliphatic carbocycles. The van der Waals surface area contributed by atoms with Crippen molar-refractivity contribution < 1.29 is 8.78 Å². The Labute approximate surface area is 118 Å². The van der Waals surface area contributed by atoms with Crippen molar-refractivity contribution in [1.82, 2.24) is 5.32 Å². The van der Waals surface area contributed by atoms with Crippen molar-refractivity contribution in [3.8, 4) is 0 Å². The van der Waals surface area contributed by atoms with E-state index in [9.17, 15) is 8.78 Å². The number of nitrogens with one attached hydrogen (secondary N) is 1. The van der Waals surface area contributed by atoms with Crippen molar-refractivity contribution in [2.45, 2.75) is 32.9 Å². The summed E-state index contributed by atoms with van der Waals surface area (Å²) < 4.78 is 26.2. The molecule has 106 valence electrons. The third kappa shape index (κ3) is 3.42. The van der Waals surface area contributed by atoms with Gasteiger partial charge in [0.1, 0.15) is 0 Å². The van der Waals surface area contributed by atoms with Crippen LogP contribution in [0.4, 0.5) is 8.78 Å². The van der Waals surface area contributed by atoms with Crippen LogP contribution in [-0.2, 0) is 0 Å². The molecule has 1 N–H and O–H groups in total. The first-order valence-electron chi connectivity index (χ1n) is 6.75. The minimum atomic E-state index is -0.812. The second kappa shape index (κ2) is 6.14. The normalized spacial score (nSPS) is 14.1. The first-order chi connectivity index (χ1) is 9.47. The van der Waals surface area contributed by atoms with Crippen LogP contribution in [0.3, 0.4) is 0 Å². The molecule has 3 heteroatoms. The summed E-state index contributed by atoms with van der Waals surface area (Å²) >= 11 is 0. The highest BCUT2D eigenvalue weighted by molar-refractivity contribution is 5.25. The summed E-state index contributed by atoms with van der Waals surface area (Å²) in [5.74, 6) is -1.62. The second-order valence-electron chi connectivity index (χ2n) is 5.19. The molecule has 0 heterocycles. The van der Waals surface area contributed by atoms with E-state index in [4.69, 9.17) is 0 Å². The lowest BCUT2D eigenvalue weighted by molar-refractivity contribution is 0.480. The van der Waals surface area contributed by atoms with Crippen LogP contribution in [0.25, 0.3) is 0 Å². The average Bonchev–Trinajstić information content (AvgIpc) is 2.42. The zero-order valence-corrected chi connectivity index (χ0v) is 12.0. The predicted molar refractivity (Wildman–Crippen MR) is 77.5 cm³/mol. The number of hydrogen-bond acceptors (Lipinski definition) is 1. The molecule has 0 amide bonds. The van der Waals surface area contributed by atoms with E-state index in [1.807, 2.05) is 13.8 Å². The Kier molecular flexibility index (Phi) is 4.50. The van der Waals surface area contributed by atoms with Crippen molar-refractivity contribution in [2.75, 3.05) is 0 Å². The van der Waals surface area contributed by atoms with Gasteiger partial charge in [0.2, 0.25) is 0 Å². The summed E-state index contributed by atoms with van der Waals surface area (Å²) in [6.45, 7) is 6.05. The lowest BCUT2D eigenvalue weighted by Gasteiger charge is -2.21. The van der Waals surface area contributed by atoms with E-state index < -0.39 is 11.6 Å². The standard InChI is InChI=1S/C17H19F2N/c1-11-4-6-14(7-5-11)12(2)20-13(3)15-8-9-16(18)17(19)10-15/h4-10,12-13,20H,1-3H3/t12-,13?/m1/s1. The van der Waals surface area contributed by atoms with Gasteiger partial charge in [-0.05, 0) is 44.0 Å². The monoisotopic (exact) mass is 275 g/mol. The van der Waals surface area contributed by atoms with E-state index in [-0.39, 0.29) is 12.1 Å². The van der Waals surface area contributed by atoms with Crippen LogP contribution < -0.4 is 5.32 Å². The molecule has 0 saturated carbocycles. The van der Waals surface area contributed by atoms with Crippen molar-refractivity contribution in [3.63, 3.8) is 0 Å². The van der Waals surface area contributed by atoms with Gasteiger partial charge in [-0.3, -0.25) is 0 Å². The highest BCUT2D eigenvalue weighted by Gasteiger charge is 2.13. The molecule has 1 nitrogen and oxygen atoms in total. The quantitative estimate of drug-likeness (QED) is 0.854. The summed E-state index contributed by atoms with van der Waals surface area (Å²) in [6.07, 6.45) is 0. The molecular formula is C17H19F2N. The van der Waals surface area contributed by atoms with Crippen LogP contribution in [0.2, 0.25) is 0 Å². The highest BCUT2D eigenvalue weighted by Crippen LogP contribution is 2.21. The fourth-order valence-corrected chi connectivity index (χ4v) is 2.20. The molecule has 1 unspecified atom stereocenters. The molecule has 0 aromatic heterocycles. The number of rotatable bonds is 4. The minimum Gasteiger partial charge on any atom is -0.304 e.